The molecule has 0 aliphatic rings. The highest BCUT2D eigenvalue weighted by Crippen LogP contribution is 2.26. The normalized spacial score (nSPS) is 11.4. The SMILES string of the molecule is O=C(O)c1cc(N=Nc2ccc(S(=O)(=O)Nc3ccccn3)cc2)ccc1O.O=S(=O)(O)c1ccccc1. The van der Waals surface area contributed by atoms with E-state index >= 15 is 0 Å². The molecule has 4 aromatic rings. The van der Waals surface area contributed by atoms with Crippen molar-refractivity contribution in [2.75, 3.05) is 4.72 Å². The number of phenols is 1. The van der Waals surface area contributed by atoms with Gasteiger partial charge in [0.05, 0.1) is 21.2 Å². The van der Waals surface area contributed by atoms with Crippen LogP contribution in [0, 0.1) is 0 Å². The Kier molecular flexibility index (Phi) is 8.85. The third-order valence-corrected chi connectivity index (χ3v) is 6.82. The van der Waals surface area contributed by atoms with Crippen molar-refractivity contribution in [3.05, 3.63) is 103 Å². The predicted molar refractivity (Wildman–Crippen MR) is 137 cm³/mol. The smallest absolute Gasteiger partial charge is 0.339 e. The number of anilines is 1. The Hall–Kier alpha value is -4.66. The van der Waals surface area contributed by atoms with E-state index in [1.165, 1.54) is 66.9 Å². The van der Waals surface area contributed by atoms with E-state index in [0.29, 0.717) is 5.69 Å². The van der Waals surface area contributed by atoms with Gasteiger partial charge in [-0.25, -0.2) is 18.2 Å². The third-order valence-electron chi connectivity index (χ3n) is 4.58. The van der Waals surface area contributed by atoms with Gasteiger partial charge in [0.2, 0.25) is 0 Å². The molecule has 0 spiro atoms. The number of pyridine rings is 1. The number of rotatable bonds is 7. The minimum Gasteiger partial charge on any atom is -0.507 e. The molecule has 0 unspecified atom stereocenters. The van der Waals surface area contributed by atoms with Crippen LogP contribution in [0.5, 0.6) is 5.75 Å². The van der Waals surface area contributed by atoms with E-state index in [4.69, 9.17) is 9.66 Å². The first kappa shape index (κ1) is 27.9. The van der Waals surface area contributed by atoms with Crippen molar-refractivity contribution in [2.24, 2.45) is 10.2 Å². The maximum Gasteiger partial charge on any atom is 0.339 e. The highest BCUT2D eigenvalue weighted by molar-refractivity contribution is 7.92. The van der Waals surface area contributed by atoms with Crippen molar-refractivity contribution in [1.82, 2.24) is 4.98 Å². The average molecular weight is 557 g/mol. The maximum atomic E-state index is 12.3. The standard InChI is InChI=1S/C18H14N4O5S.C6H6O3S/c23-16-9-6-13(11-15(16)18(24)25)21-20-12-4-7-14(8-5-12)28(26,27)22-17-3-1-2-10-19-17;7-10(8,9)6-4-2-1-3-5-6/h1-11,23H,(H,19,22)(H,24,25);1-5H,(H,7,8,9). The zero-order valence-corrected chi connectivity index (χ0v) is 20.9. The quantitative estimate of drug-likeness (QED) is 0.185. The molecular weight excluding hydrogens is 536 g/mol. The molecule has 0 bridgehead atoms. The first-order valence-corrected chi connectivity index (χ1v) is 13.4. The Balaban J connectivity index is 0.000000336. The molecule has 0 atom stereocenters. The highest BCUT2D eigenvalue weighted by atomic mass is 32.2. The number of carboxylic acids is 1. The van der Waals surface area contributed by atoms with E-state index in [2.05, 4.69) is 19.9 Å². The van der Waals surface area contributed by atoms with Gasteiger partial charge in [-0.15, -0.1) is 0 Å². The Bertz CT molecular complexity index is 1650. The number of aromatic hydroxyl groups is 1. The van der Waals surface area contributed by atoms with Gasteiger partial charge in [-0.3, -0.25) is 9.27 Å². The van der Waals surface area contributed by atoms with Crippen LogP contribution in [0.3, 0.4) is 0 Å². The average Bonchev–Trinajstić information content (AvgIpc) is 2.89. The van der Waals surface area contributed by atoms with Crippen molar-refractivity contribution in [2.45, 2.75) is 9.79 Å². The lowest BCUT2D eigenvalue weighted by molar-refractivity contribution is 0.0693. The molecule has 4 N–H and O–H groups in total. The molecule has 1 aromatic heterocycles. The Labute approximate surface area is 217 Å². The lowest BCUT2D eigenvalue weighted by atomic mass is 10.2. The molecule has 0 fully saturated rings. The Morgan fingerprint density at radius 3 is 1.92 bits per heavy atom. The van der Waals surface area contributed by atoms with Gasteiger partial charge < -0.3 is 10.2 Å². The lowest BCUT2D eigenvalue weighted by Crippen LogP contribution is -2.13. The van der Waals surface area contributed by atoms with E-state index in [9.17, 15) is 26.7 Å². The predicted octanol–water partition coefficient (Wildman–Crippen LogP) is 4.63. The number of azo groups is 1. The molecule has 0 aliphatic carbocycles. The van der Waals surface area contributed by atoms with Gasteiger partial charge in [-0.1, -0.05) is 24.3 Å². The number of hydrogen-bond acceptors (Lipinski definition) is 9. The number of aromatic carboxylic acids is 1. The number of hydrogen-bond donors (Lipinski definition) is 4. The van der Waals surface area contributed by atoms with Gasteiger partial charge in [0.25, 0.3) is 20.1 Å². The van der Waals surface area contributed by atoms with Crippen molar-refractivity contribution < 1.29 is 36.4 Å². The van der Waals surface area contributed by atoms with E-state index in [-0.39, 0.29) is 32.6 Å². The molecule has 196 valence electrons. The summed E-state index contributed by atoms with van der Waals surface area (Å²) in [6.07, 6.45) is 1.47. The molecule has 0 saturated heterocycles. The number of sulfonamides is 1. The summed E-state index contributed by atoms with van der Waals surface area (Å²) < 4.78 is 56.3. The number of benzene rings is 3. The molecule has 14 heteroatoms. The minimum absolute atomic E-state index is 0.0231. The highest BCUT2D eigenvalue weighted by Gasteiger charge is 2.14. The summed E-state index contributed by atoms with van der Waals surface area (Å²) in [4.78, 5) is 14.9. The van der Waals surface area contributed by atoms with Crippen molar-refractivity contribution >= 4 is 43.3 Å². The van der Waals surface area contributed by atoms with Crippen LogP contribution in [0.15, 0.2) is 117 Å². The molecular formula is C24H20N4O8S2. The van der Waals surface area contributed by atoms with Gasteiger partial charge in [-0.2, -0.15) is 18.6 Å². The second-order valence-electron chi connectivity index (χ2n) is 7.31. The minimum atomic E-state index is -4.00. The fraction of sp³-hybridized carbons (Fsp3) is 0. The van der Waals surface area contributed by atoms with Crippen LogP contribution in [0.2, 0.25) is 0 Å². The van der Waals surface area contributed by atoms with Crippen molar-refractivity contribution in [1.29, 1.82) is 0 Å². The number of carboxylic acid groups (broad SMARTS) is 1. The maximum absolute atomic E-state index is 12.3. The summed E-state index contributed by atoms with van der Waals surface area (Å²) >= 11 is 0. The van der Waals surface area contributed by atoms with Gasteiger partial charge in [0.1, 0.15) is 17.1 Å². The lowest BCUT2D eigenvalue weighted by Gasteiger charge is -2.07. The number of carbonyl (C=O) groups is 1. The van der Waals surface area contributed by atoms with Crippen LogP contribution < -0.4 is 4.72 Å². The second kappa shape index (κ2) is 12.1. The fourth-order valence-corrected chi connectivity index (χ4v) is 4.29. The number of nitrogens with one attached hydrogen (secondary N) is 1. The van der Waals surface area contributed by atoms with Crippen molar-refractivity contribution in [3.63, 3.8) is 0 Å². The summed E-state index contributed by atoms with van der Waals surface area (Å²) in [7, 11) is -7.80. The van der Waals surface area contributed by atoms with E-state index in [1.54, 1.807) is 30.3 Å². The molecule has 3 aromatic carbocycles. The molecule has 38 heavy (non-hydrogen) atoms. The van der Waals surface area contributed by atoms with Gasteiger partial charge in [0.15, 0.2) is 0 Å². The summed E-state index contributed by atoms with van der Waals surface area (Å²) in [5, 5.41) is 26.3. The summed E-state index contributed by atoms with van der Waals surface area (Å²) in [6, 6.07) is 21.7. The van der Waals surface area contributed by atoms with Crippen LogP contribution in [0.1, 0.15) is 10.4 Å². The second-order valence-corrected chi connectivity index (χ2v) is 10.4. The summed E-state index contributed by atoms with van der Waals surface area (Å²) in [5.74, 6) is -1.46. The molecule has 0 saturated carbocycles. The number of aromatic nitrogens is 1. The molecule has 0 amide bonds. The number of nitrogens with zero attached hydrogens (tertiary/aromatic N) is 3. The largest absolute Gasteiger partial charge is 0.507 e. The van der Waals surface area contributed by atoms with Crippen LogP contribution in [-0.2, 0) is 20.1 Å². The summed E-state index contributed by atoms with van der Waals surface area (Å²) in [5.41, 5.74) is 0.295. The monoisotopic (exact) mass is 556 g/mol. The van der Waals surface area contributed by atoms with E-state index < -0.39 is 26.1 Å². The Morgan fingerprint density at radius 1 is 0.763 bits per heavy atom. The molecule has 0 aliphatic heterocycles. The van der Waals surface area contributed by atoms with Crippen LogP contribution in [0.25, 0.3) is 0 Å². The first-order chi connectivity index (χ1) is 18.0. The molecule has 12 nitrogen and oxygen atoms in total. The zero-order chi connectivity index (χ0) is 27.8. The Morgan fingerprint density at radius 2 is 1.37 bits per heavy atom. The van der Waals surface area contributed by atoms with Gasteiger partial charge in [-0.05, 0) is 66.7 Å². The summed E-state index contributed by atoms with van der Waals surface area (Å²) in [6.45, 7) is 0. The fourth-order valence-electron chi connectivity index (χ4n) is 2.78. The van der Waals surface area contributed by atoms with Crippen LogP contribution in [-0.4, -0.2) is 42.6 Å². The first-order valence-electron chi connectivity index (χ1n) is 10.5. The molecule has 0 radical (unpaired) electrons. The van der Waals surface area contributed by atoms with Gasteiger partial charge >= 0.3 is 5.97 Å². The van der Waals surface area contributed by atoms with E-state index in [1.807, 2.05) is 0 Å². The van der Waals surface area contributed by atoms with Crippen LogP contribution in [0.4, 0.5) is 17.2 Å². The van der Waals surface area contributed by atoms with Crippen LogP contribution >= 0.6 is 0 Å². The third kappa shape index (κ3) is 7.92. The van der Waals surface area contributed by atoms with Crippen molar-refractivity contribution in [3.8, 4) is 5.75 Å². The molecule has 4 rings (SSSR count). The topological polar surface area (TPSA) is 196 Å². The van der Waals surface area contributed by atoms with E-state index in [0.717, 1.165) is 0 Å². The zero-order valence-electron chi connectivity index (χ0n) is 19.3. The molecule has 1 heterocycles. The van der Waals surface area contributed by atoms with Gasteiger partial charge in [0, 0.05) is 6.20 Å².